The third-order valence-corrected chi connectivity index (χ3v) is 3.16. The zero-order valence-corrected chi connectivity index (χ0v) is 10.2. The number of rotatable bonds is 3. The van der Waals surface area contributed by atoms with Gasteiger partial charge in [-0.3, -0.25) is 14.9 Å². The topological polar surface area (TPSA) is 94.4 Å². The van der Waals surface area contributed by atoms with E-state index in [1.54, 1.807) is 9.47 Å². The number of likely N-dealkylation sites (tertiary alicyclic amines) is 1. The van der Waals surface area contributed by atoms with E-state index in [4.69, 9.17) is 5.73 Å². The van der Waals surface area contributed by atoms with Gasteiger partial charge in [-0.05, 0) is 13.3 Å². The molecule has 1 aromatic rings. The van der Waals surface area contributed by atoms with E-state index in [1.165, 1.54) is 12.3 Å². The van der Waals surface area contributed by atoms with Crippen molar-refractivity contribution in [3.8, 4) is 0 Å². The summed E-state index contributed by atoms with van der Waals surface area (Å²) in [6.45, 7) is 3.50. The Morgan fingerprint density at radius 3 is 2.89 bits per heavy atom. The summed E-state index contributed by atoms with van der Waals surface area (Å²) in [6, 6.07) is 1.34. The highest BCUT2D eigenvalue weighted by atomic mass is 16.6. The average molecular weight is 252 g/mol. The molecule has 0 saturated carbocycles. The van der Waals surface area contributed by atoms with Crippen LogP contribution in [0.2, 0.25) is 0 Å². The van der Waals surface area contributed by atoms with Crippen LogP contribution >= 0.6 is 0 Å². The number of carbonyl (C=O) groups is 1. The molecule has 1 fully saturated rings. The summed E-state index contributed by atoms with van der Waals surface area (Å²) in [5, 5.41) is 10.7. The lowest BCUT2D eigenvalue weighted by Gasteiger charge is -2.16. The molecule has 1 saturated heterocycles. The summed E-state index contributed by atoms with van der Waals surface area (Å²) in [5.41, 5.74) is 6.06. The molecule has 0 spiro atoms. The first-order chi connectivity index (χ1) is 8.52. The molecule has 1 amide bonds. The second-order valence-corrected chi connectivity index (χ2v) is 4.43. The third-order valence-electron chi connectivity index (χ3n) is 3.16. The van der Waals surface area contributed by atoms with Crippen molar-refractivity contribution in [1.82, 2.24) is 9.47 Å². The third kappa shape index (κ3) is 2.21. The Labute approximate surface area is 104 Å². The van der Waals surface area contributed by atoms with Crippen molar-refractivity contribution >= 4 is 11.6 Å². The highest BCUT2D eigenvalue weighted by Gasteiger charge is 2.28. The van der Waals surface area contributed by atoms with Crippen LogP contribution in [-0.2, 0) is 6.54 Å². The fraction of sp³-hybridized carbons (Fsp3) is 0.545. The van der Waals surface area contributed by atoms with Gasteiger partial charge >= 0.3 is 0 Å². The van der Waals surface area contributed by atoms with Crippen LogP contribution in [0.3, 0.4) is 0 Å². The molecule has 1 atom stereocenters. The zero-order valence-electron chi connectivity index (χ0n) is 10.2. The van der Waals surface area contributed by atoms with E-state index in [-0.39, 0.29) is 17.6 Å². The maximum Gasteiger partial charge on any atom is 0.287 e. The predicted molar refractivity (Wildman–Crippen MR) is 65.3 cm³/mol. The van der Waals surface area contributed by atoms with Gasteiger partial charge in [0, 0.05) is 31.7 Å². The Kier molecular flexibility index (Phi) is 3.33. The SMILES string of the molecule is CCn1cc([N+](=O)[O-])cc1C(=O)N1CC[C@@H](N)C1. The minimum atomic E-state index is -0.487. The molecule has 1 aliphatic heterocycles. The van der Waals surface area contributed by atoms with Gasteiger partial charge in [-0.15, -0.1) is 0 Å². The second kappa shape index (κ2) is 4.77. The van der Waals surface area contributed by atoms with Crippen molar-refractivity contribution in [2.45, 2.75) is 25.9 Å². The molecular weight excluding hydrogens is 236 g/mol. The Morgan fingerprint density at radius 1 is 1.67 bits per heavy atom. The number of nitrogens with zero attached hydrogens (tertiary/aromatic N) is 3. The molecule has 7 heteroatoms. The molecule has 2 heterocycles. The first-order valence-corrected chi connectivity index (χ1v) is 5.92. The van der Waals surface area contributed by atoms with Gasteiger partial charge in [0.05, 0.1) is 11.1 Å². The van der Waals surface area contributed by atoms with Gasteiger partial charge < -0.3 is 15.2 Å². The molecule has 1 aromatic heterocycles. The predicted octanol–water partition coefficient (Wildman–Crippen LogP) is 0.589. The molecule has 0 aliphatic carbocycles. The molecular formula is C11H16N4O3. The smallest absolute Gasteiger partial charge is 0.287 e. The standard InChI is InChI=1S/C11H16N4O3/c1-2-13-7-9(15(17)18)5-10(13)11(16)14-4-3-8(12)6-14/h5,7-8H,2-4,6,12H2,1H3/t8-/m1/s1. The van der Waals surface area contributed by atoms with Crippen LogP contribution in [0.5, 0.6) is 0 Å². The molecule has 0 radical (unpaired) electrons. The van der Waals surface area contributed by atoms with E-state index in [0.29, 0.717) is 25.3 Å². The number of hydrogen-bond donors (Lipinski definition) is 1. The first-order valence-electron chi connectivity index (χ1n) is 5.92. The second-order valence-electron chi connectivity index (χ2n) is 4.43. The largest absolute Gasteiger partial charge is 0.337 e. The fourth-order valence-corrected chi connectivity index (χ4v) is 2.17. The summed E-state index contributed by atoms with van der Waals surface area (Å²) in [5.74, 6) is -0.182. The van der Waals surface area contributed by atoms with Crippen LogP contribution in [0.4, 0.5) is 5.69 Å². The molecule has 0 aromatic carbocycles. The molecule has 7 nitrogen and oxygen atoms in total. The Hall–Kier alpha value is -1.89. The number of hydrogen-bond acceptors (Lipinski definition) is 4. The number of nitro groups is 1. The summed E-state index contributed by atoms with van der Waals surface area (Å²) in [7, 11) is 0. The van der Waals surface area contributed by atoms with Crippen molar-refractivity contribution in [2.24, 2.45) is 5.73 Å². The Balaban J connectivity index is 2.26. The van der Waals surface area contributed by atoms with E-state index in [9.17, 15) is 14.9 Å². The molecule has 18 heavy (non-hydrogen) atoms. The normalized spacial score (nSPS) is 19.2. The van der Waals surface area contributed by atoms with E-state index < -0.39 is 4.92 Å². The van der Waals surface area contributed by atoms with Gasteiger partial charge in [-0.2, -0.15) is 0 Å². The Morgan fingerprint density at radius 2 is 2.39 bits per heavy atom. The van der Waals surface area contributed by atoms with Crippen molar-refractivity contribution < 1.29 is 9.72 Å². The monoisotopic (exact) mass is 252 g/mol. The minimum absolute atomic E-state index is 0.00831. The molecule has 2 N–H and O–H groups in total. The lowest BCUT2D eigenvalue weighted by molar-refractivity contribution is -0.384. The van der Waals surface area contributed by atoms with Gasteiger partial charge in [0.15, 0.2) is 0 Å². The maximum atomic E-state index is 12.2. The van der Waals surface area contributed by atoms with E-state index in [2.05, 4.69) is 0 Å². The molecule has 0 unspecified atom stereocenters. The molecule has 0 bridgehead atoms. The van der Waals surface area contributed by atoms with Gasteiger partial charge in [-0.1, -0.05) is 0 Å². The van der Waals surface area contributed by atoms with Gasteiger partial charge in [0.25, 0.3) is 11.6 Å². The Bertz CT molecular complexity index is 483. The number of carbonyl (C=O) groups excluding carboxylic acids is 1. The highest BCUT2D eigenvalue weighted by Crippen LogP contribution is 2.19. The minimum Gasteiger partial charge on any atom is -0.337 e. The summed E-state index contributed by atoms with van der Waals surface area (Å²) < 4.78 is 1.60. The quantitative estimate of drug-likeness (QED) is 0.629. The van der Waals surface area contributed by atoms with Crippen molar-refractivity contribution in [3.63, 3.8) is 0 Å². The van der Waals surface area contributed by atoms with Gasteiger partial charge in [0.1, 0.15) is 5.69 Å². The van der Waals surface area contributed by atoms with Gasteiger partial charge in [-0.25, -0.2) is 0 Å². The number of aryl methyl sites for hydroxylation is 1. The first kappa shape index (κ1) is 12.6. The molecule has 1 aliphatic rings. The summed E-state index contributed by atoms with van der Waals surface area (Å²) in [6.07, 6.45) is 2.17. The van der Waals surface area contributed by atoms with Crippen LogP contribution in [0.15, 0.2) is 12.3 Å². The maximum absolute atomic E-state index is 12.2. The highest BCUT2D eigenvalue weighted by molar-refractivity contribution is 5.93. The molecule has 98 valence electrons. The molecule has 2 rings (SSSR count). The van der Waals surface area contributed by atoms with Crippen LogP contribution < -0.4 is 5.73 Å². The van der Waals surface area contributed by atoms with Crippen LogP contribution in [-0.4, -0.2) is 39.4 Å². The zero-order chi connectivity index (χ0) is 13.3. The number of amides is 1. The van der Waals surface area contributed by atoms with Crippen LogP contribution in [0.25, 0.3) is 0 Å². The van der Waals surface area contributed by atoms with Crippen molar-refractivity contribution in [3.05, 3.63) is 28.1 Å². The summed E-state index contributed by atoms with van der Waals surface area (Å²) in [4.78, 5) is 24.1. The summed E-state index contributed by atoms with van der Waals surface area (Å²) >= 11 is 0. The number of aromatic nitrogens is 1. The van der Waals surface area contributed by atoms with Crippen LogP contribution in [0.1, 0.15) is 23.8 Å². The van der Waals surface area contributed by atoms with Gasteiger partial charge in [0.2, 0.25) is 0 Å². The fourth-order valence-electron chi connectivity index (χ4n) is 2.17. The average Bonchev–Trinajstić information content (AvgIpc) is 2.93. The van der Waals surface area contributed by atoms with Crippen LogP contribution in [0, 0.1) is 10.1 Å². The lowest BCUT2D eigenvalue weighted by Crippen LogP contribution is -2.33. The number of nitrogens with two attached hydrogens (primary N) is 1. The van der Waals surface area contributed by atoms with Crippen molar-refractivity contribution in [1.29, 1.82) is 0 Å². The van der Waals surface area contributed by atoms with E-state index in [1.807, 2.05) is 6.92 Å². The van der Waals surface area contributed by atoms with E-state index >= 15 is 0 Å². The van der Waals surface area contributed by atoms with E-state index in [0.717, 1.165) is 6.42 Å². The van der Waals surface area contributed by atoms with Crippen molar-refractivity contribution in [2.75, 3.05) is 13.1 Å². The lowest BCUT2D eigenvalue weighted by atomic mass is 10.3.